The minimum absolute atomic E-state index is 0.156. The van der Waals surface area contributed by atoms with Crippen molar-refractivity contribution in [2.45, 2.75) is 38.3 Å². The van der Waals surface area contributed by atoms with Crippen LogP contribution in [0.3, 0.4) is 0 Å². The van der Waals surface area contributed by atoms with Gasteiger partial charge in [0.15, 0.2) is 0 Å². The van der Waals surface area contributed by atoms with E-state index < -0.39 is 0 Å². The number of aryl methyl sites for hydroxylation is 1. The molecule has 1 amide bonds. The predicted molar refractivity (Wildman–Crippen MR) is 94.8 cm³/mol. The van der Waals surface area contributed by atoms with Crippen LogP contribution in [0, 0.1) is 12.7 Å². The van der Waals surface area contributed by atoms with Gasteiger partial charge in [0.05, 0.1) is 11.3 Å². The van der Waals surface area contributed by atoms with Crippen LogP contribution in [0.1, 0.15) is 47.2 Å². The molecule has 0 fully saturated rings. The number of thioether (sulfide) groups is 1. The van der Waals surface area contributed by atoms with Crippen molar-refractivity contribution in [2.75, 3.05) is 13.3 Å². The van der Waals surface area contributed by atoms with Crippen molar-refractivity contribution in [3.63, 3.8) is 0 Å². The van der Waals surface area contributed by atoms with Crippen LogP contribution in [-0.4, -0.2) is 34.1 Å². The lowest BCUT2D eigenvalue weighted by atomic mass is 10.1. The summed E-state index contributed by atoms with van der Waals surface area (Å²) < 4.78 is 13.3. The molecule has 2 aromatic rings. The highest BCUT2D eigenvalue weighted by molar-refractivity contribution is 7.98. The monoisotopic (exact) mass is 347 g/mol. The van der Waals surface area contributed by atoms with E-state index in [1.165, 1.54) is 23.9 Å². The van der Waals surface area contributed by atoms with Gasteiger partial charge in [0.25, 0.3) is 5.91 Å². The second-order valence-corrected chi connectivity index (χ2v) is 6.79. The van der Waals surface area contributed by atoms with Crippen LogP contribution in [0.2, 0.25) is 0 Å². The van der Waals surface area contributed by atoms with Crippen LogP contribution < -0.4 is 0 Å². The molecule has 128 valence electrons. The van der Waals surface area contributed by atoms with Crippen molar-refractivity contribution < 1.29 is 9.18 Å². The second-order valence-electron chi connectivity index (χ2n) is 6.00. The molecule has 1 heterocycles. The quantitative estimate of drug-likeness (QED) is 0.605. The third kappa shape index (κ3) is 4.12. The Morgan fingerprint density at radius 2 is 2.04 bits per heavy atom. The number of rotatable bonds is 5. The van der Waals surface area contributed by atoms with Crippen LogP contribution in [0.25, 0.3) is 0 Å². The van der Waals surface area contributed by atoms with Crippen molar-refractivity contribution in [3.8, 4) is 0 Å². The average molecular weight is 347 g/mol. The van der Waals surface area contributed by atoms with Gasteiger partial charge in [-0.2, -0.15) is 0 Å². The number of carbonyl (C=O) groups is 1. The summed E-state index contributed by atoms with van der Waals surface area (Å²) in [7, 11) is 1.70. The maximum Gasteiger partial charge on any atom is 0.258 e. The molecule has 0 aliphatic carbocycles. The van der Waals surface area contributed by atoms with Crippen molar-refractivity contribution in [1.82, 2.24) is 14.9 Å². The molecular weight excluding hydrogens is 325 g/mol. The van der Waals surface area contributed by atoms with Crippen LogP contribution in [0.15, 0.2) is 29.3 Å². The Bertz CT molecular complexity index is 749. The summed E-state index contributed by atoms with van der Waals surface area (Å²) in [6, 6.07) is 6.26. The number of nitrogens with zero attached hydrogens (tertiary/aromatic N) is 3. The molecule has 0 spiro atoms. The summed E-state index contributed by atoms with van der Waals surface area (Å²) in [5.74, 6) is 0.473. The lowest BCUT2D eigenvalue weighted by Crippen LogP contribution is -2.28. The Balaban J connectivity index is 2.31. The predicted octanol–water partition coefficient (Wildman–Crippen LogP) is 4.04. The summed E-state index contributed by atoms with van der Waals surface area (Å²) in [6.07, 6.45) is 1.90. The molecule has 0 saturated heterocycles. The smallest absolute Gasteiger partial charge is 0.258 e. The van der Waals surface area contributed by atoms with Gasteiger partial charge in [0, 0.05) is 19.5 Å². The first kappa shape index (κ1) is 18.4. The zero-order chi connectivity index (χ0) is 17.9. The van der Waals surface area contributed by atoms with Crippen LogP contribution in [0.5, 0.6) is 0 Å². The molecule has 0 aliphatic heterocycles. The fourth-order valence-electron chi connectivity index (χ4n) is 2.39. The molecule has 0 radical (unpaired) electrons. The van der Waals surface area contributed by atoms with E-state index in [-0.39, 0.29) is 17.6 Å². The van der Waals surface area contributed by atoms with Crippen molar-refractivity contribution >= 4 is 17.7 Å². The van der Waals surface area contributed by atoms with Gasteiger partial charge in [-0.1, -0.05) is 26.0 Å². The molecular formula is C18H22FN3OS. The first-order chi connectivity index (χ1) is 11.3. The van der Waals surface area contributed by atoms with Gasteiger partial charge in [-0.3, -0.25) is 4.79 Å². The summed E-state index contributed by atoms with van der Waals surface area (Å²) in [5, 5.41) is 0.683. The number of amides is 1. The van der Waals surface area contributed by atoms with Gasteiger partial charge in [0.1, 0.15) is 16.7 Å². The fraction of sp³-hybridized carbons (Fsp3) is 0.389. The number of aromatic nitrogens is 2. The van der Waals surface area contributed by atoms with E-state index in [9.17, 15) is 9.18 Å². The number of halogens is 1. The van der Waals surface area contributed by atoms with Crippen molar-refractivity contribution in [3.05, 3.63) is 52.7 Å². The Morgan fingerprint density at radius 1 is 1.33 bits per heavy atom. The maximum atomic E-state index is 13.3. The Morgan fingerprint density at radius 3 is 2.62 bits per heavy atom. The third-order valence-electron chi connectivity index (χ3n) is 3.65. The topological polar surface area (TPSA) is 46.1 Å². The SMILES string of the molecule is CSc1nc(C(C)C)nc(C)c1C(=O)N(C)Cc1cccc(F)c1. The molecule has 0 unspecified atom stereocenters. The van der Waals surface area contributed by atoms with Gasteiger partial charge in [-0.25, -0.2) is 14.4 Å². The molecule has 0 atom stereocenters. The summed E-state index contributed by atoms with van der Waals surface area (Å²) in [4.78, 5) is 23.4. The number of benzene rings is 1. The molecule has 1 aromatic carbocycles. The molecule has 1 aromatic heterocycles. The van der Waals surface area contributed by atoms with E-state index in [1.54, 1.807) is 24.1 Å². The maximum absolute atomic E-state index is 13.3. The highest BCUT2D eigenvalue weighted by atomic mass is 32.2. The van der Waals surface area contributed by atoms with Crippen molar-refractivity contribution in [2.24, 2.45) is 0 Å². The highest BCUT2D eigenvalue weighted by Crippen LogP contribution is 2.24. The summed E-state index contributed by atoms with van der Waals surface area (Å²) in [6.45, 7) is 6.21. The zero-order valence-corrected chi connectivity index (χ0v) is 15.4. The molecule has 0 bridgehead atoms. The van der Waals surface area contributed by atoms with E-state index in [0.29, 0.717) is 22.8 Å². The van der Waals surface area contributed by atoms with E-state index >= 15 is 0 Å². The average Bonchev–Trinajstić information content (AvgIpc) is 2.53. The molecule has 0 N–H and O–H groups in total. The van der Waals surface area contributed by atoms with Gasteiger partial charge in [0.2, 0.25) is 0 Å². The minimum Gasteiger partial charge on any atom is -0.337 e. The fourth-order valence-corrected chi connectivity index (χ4v) is 3.02. The molecule has 6 heteroatoms. The first-order valence-electron chi connectivity index (χ1n) is 7.76. The van der Waals surface area contributed by atoms with E-state index in [0.717, 1.165) is 11.4 Å². The standard InChI is InChI=1S/C18H22FN3OS/c1-11(2)16-20-12(3)15(17(21-16)24-5)18(23)22(4)10-13-7-6-8-14(19)9-13/h6-9,11H,10H2,1-5H3. The molecule has 2 rings (SSSR count). The zero-order valence-electron chi connectivity index (χ0n) is 14.6. The largest absolute Gasteiger partial charge is 0.337 e. The van der Waals surface area contributed by atoms with Gasteiger partial charge < -0.3 is 4.90 Å². The summed E-state index contributed by atoms with van der Waals surface area (Å²) in [5.41, 5.74) is 1.94. The lowest BCUT2D eigenvalue weighted by Gasteiger charge is -2.20. The molecule has 0 aliphatic rings. The van der Waals surface area contributed by atoms with E-state index in [4.69, 9.17) is 0 Å². The van der Waals surface area contributed by atoms with Gasteiger partial charge in [-0.05, 0) is 30.9 Å². The first-order valence-corrected chi connectivity index (χ1v) is 8.98. The number of hydrogen-bond donors (Lipinski definition) is 0. The number of hydrogen-bond acceptors (Lipinski definition) is 4. The normalized spacial score (nSPS) is 11.0. The van der Waals surface area contributed by atoms with E-state index in [2.05, 4.69) is 9.97 Å². The van der Waals surface area contributed by atoms with Crippen molar-refractivity contribution in [1.29, 1.82) is 0 Å². The lowest BCUT2D eigenvalue weighted by molar-refractivity contribution is 0.0779. The molecule has 0 saturated carbocycles. The van der Waals surface area contributed by atoms with Crippen LogP contribution in [-0.2, 0) is 6.54 Å². The van der Waals surface area contributed by atoms with Crippen LogP contribution in [0.4, 0.5) is 4.39 Å². The Hall–Kier alpha value is -1.95. The van der Waals surface area contributed by atoms with Gasteiger partial charge in [-0.15, -0.1) is 11.8 Å². The molecule has 24 heavy (non-hydrogen) atoms. The second kappa shape index (κ2) is 7.75. The van der Waals surface area contributed by atoms with Crippen LogP contribution >= 0.6 is 11.8 Å². The highest BCUT2D eigenvalue weighted by Gasteiger charge is 2.22. The Kier molecular flexibility index (Phi) is 5.94. The third-order valence-corrected chi connectivity index (χ3v) is 4.34. The van der Waals surface area contributed by atoms with E-state index in [1.807, 2.05) is 27.0 Å². The molecule has 4 nitrogen and oxygen atoms in total. The minimum atomic E-state index is -0.307. The Labute approximate surface area is 146 Å². The van der Waals surface area contributed by atoms with Gasteiger partial charge >= 0.3 is 0 Å². The summed E-state index contributed by atoms with van der Waals surface area (Å²) >= 11 is 1.44. The number of carbonyl (C=O) groups excluding carboxylic acids is 1.